The van der Waals surface area contributed by atoms with E-state index in [1.807, 2.05) is 4.58 Å². The van der Waals surface area contributed by atoms with Crippen LogP contribution < -0.4 is 4.90 Å². The molecule has 0 N–H and O–H groups in total. The molecule has 2 atom stereocenters. The zero-order valence-electron chi connectivity index (χ0n) is 56.5. The van der Waals surface area contributed by atoms with Crippen molar-refractivity contribution in [2.24, 2.45) is 0 Å². The highest BCUT2D eigenvalue weighted by Crippen LogP contribution is 2.55. The number of anilines is 1. The Morgan fingerprint density at radius 3 is 1.50 bits per heavy atom. The van der Waals surface area contributed by atoms with E-state index >= 15 is 0 Å². The van der Waals surface area contributed by atoms with E-state index in [1.54, 1.807) is 74.5 Å². The fraction of sp³-hybridized carbons (Fsp3) is 0.529. The maximum absolute atomic E-state index is 12.9. The molecule has 2 unspecified atom stereocenters. The molecule has 3 aliphatic heterocycles. The molecular formula is C68H93N3O29S5-4. The van der Waals surface area contributed by atoms with E-state index in [0.717, 1.165) is 30.3 Å². The summed E-state index contributed by atoms with van der Waals surface area (Å²) in [5.74, 6) is -2.76. The molecule has 1 saturated heterocycles. The normalized spacial score (nSPS) is 17.6. The molecule has 37 heteroatoms. The molecule has 4 aromatic carbocycles. The lowest BCUT2D eigenvalue weighted by Gasteiger charge is -2.31. The fourth-order valence-electron chi connectivity index (χ4n) is 12.0. The largest absolute Gasteiger partial charge is 0.748 e. The van der Waals surface area contributed by atoms with Gasteiger partial charge in [-0.2, -0.15) is 4.58 Å². The Kier molecular flexibility index (Phi) is 35.7. The minimum absolute atomic E-state index is 0. The van der Waals surface area contributed by atoms with Crippen molar-refractivity contribution in [3.8, 4) is 0 Å². The average Bonchev–Trinajstić information content (AvgIpc) is 1.57. The molecule has 0 radical (unpaired) electrons. The number of methoxy groups -OCH3 is 2. The molecule has 0 bridgehead atoms. The summed E-state index contributed by atoms with van der Waals surface area (Å²) in [5, 5.41) is -0.0284. The standard InChI is InChI=1S/C65H85N3O29S5.3CH4/c1-64(20-10-42-98(72,73)74)57(67(22-26-87-3)54-46-56(102(84,85)86)49-14-13-47(99(75,76)77)43-51(49)63(54)64)11-8-6-5-7-9-12-58-65(2,21-25-90-31-34-94-37-36-92-29-28-88-4)62-52-44-48(100(78,79)80)45-55(101(81,82)83)50(52)15-16-53(62)66(58)23-27-91-32-35-95-39-41-96-40-38-93-33-30-89-24-19-61(71)97-68-59(69)17-18-60(68)70;;;/h5-9,11-16,43-46H,10,17-42H2,1-4H3,(H4-,72,73,74,75,76,77,78,79,80,81,82,83,84,85,86);3*1H4/p-4. The summed E-state index contributed by atoms with van der Waals surface area (Å²) in [6.45, 7) is 6.69. The molecule has 0 spiro atoms. The smallest absolute Gasteiger partial charge is 0.335 e. The minimum atomic E-state index is -5.41. The number of carbonyl (C=O) groups excluding carboxylic acids is 3. The summed E-state index contributed by atoms with van der Waals surface area (Å²) < 4.78 is 247. The maximum Gasteiger partial charge on any atom is 0.335 e. The first-order valence-corrected chi connectivity index (χ1v) is 39.3. The van der Waals surface area contributed by atoms with Crippen LogP contribution in [-0.2, 0) is 128 Å². The Morgan fingerprint density at radius 1 is 0.505 bits per heavy atom. The predicted molar refractivity (Wildman–Crippen MR) is 378 cm³/mol. The average molecular weight is 1580 g/mol. The molecule has 0 aromatic heterocycles. The van der Waals surface area contributed by atoms with Crippen molar-refractivity contribution in [1.29, 1.82) is 0 Å². The molecule has 105 heavy (non-hydrogen) atoms. The third kappa shape index (κ3) is 25.1. The SMILES string of the molecule is C.C.C.COCCOCCOCCOCCC1(C)C(C=CC=CC=CC=C2N(CCOC)c3cc(S(=O)(=O)[O-])c4ccc(S(=O)(=O)[O-])cc4c3C2(C)CCCS(=O)(=O)[O-])=[N+](CCOCCOCCOCCOCCOCCC(=O)ON2C(=O)CCC2=O)c2ccc3c(S(=O)(=O)[O-])cc(S(=O)(=O)[O-])cc3c21. The number of hydroxylamine groups is 2. The van der Waals surface area contributed by atoms with Gasteiger partial charge in [-0.15, -0.1) is 5.06 Å². The zero-order chi connectivity index (χ0) is 74.5. The minimum Gasteiger partial charge on any atom is -0.748 e. The van der Waals surface area contributed by atoms with E-state index in [0.29, 0.717) is 53.6 Å². The highest BCUT2D eigenvalue weighted by atomic mass is 32.2. The first-order chi connectivity index (χ1) is 48.3. The van der Waals surface area contributed by atoms with Crippen LogP contribution in [0, 0.1) is 0 Å². The number of fused-ring (bicyclic) bond motifs is 6. The number of benzene rings is 4. The van der Waals surface area contributed by atoms with Crippen molar-refractivity contribution < 1.29 is 136 Å². The lowest BCUT2D eigenvalue weighted by Crippen LogP contribution is -2.33. The molecule has 1 fully saturated rings. The van der Waals surface area contributed by atoms with Gasteiger partial charge in [-0.05, 0) is 97.3 Å². The van der Waals surface area contributed by atoms with Crippen molar-refractivity contribution in [1.82, 2.24) is 5.06 Å². The maximum atomic E-state index is 12.9. The van der Waals surface area contributed by atoms with Crippen molar-refractivity contribution in [3.05, 3.63) is 108 Å². The van der Waals surface area contributed by atoms with Crippen LogP contribution >= 0.6 is 0 Å². The van der Waals surface area contributed by atoms with E-state index in [2.05, 4.69) is 0 Å². The molecule has 32 nitrogen and oxygen atoms in total. The number of hydrogen-bond acceptors (Lipinski definition) is 30. The predicted octanol–water partition coefficient (Wildman–Crippen LogP) is 5.34. The third-order valence-corrected chi connectivity index (χ3v) is 20.9. The summed E-state index contributed by atoms with van der Waals surface area (Å²) in [5.41, 5.74) is -0.592. The van der Waals surface area contributed by atoms with Gasteiger partial charge >= 0.3 is 5.97 Å². The van der Waals surface area contributed by atoms with Gasteiger partial charge < -0.3 is 79.9 Å². The second-order valence-electron chi connectivity index (χ2n) is 23.6. The number of imide groups is 1. The number of rotatable bonds is 46. The molecule has 3 aliphatic rings. The van der Waals surface area contributed by atoms with Gasteiger partial charge in [-0.25, -0.2) is 46.9 Å². The number of amides is 2. The van der Waals surface area contributed by atoms with Gasteiger partial charge in [0.2, 0.25) is 5.69 Å². The Labute approximate surface area is 614 Å². The highest BCUT2D eigenvalue weighted by molar-refractivity contribution is 7.87. The first kappa shape index (κ1) is 91.0. The molecule has 588 valence electrons. The van der Waals surface area contributed by atoms with Crippen LogP contribution in [0.3, 0.4) is 0 Å². The van der Waals surface area contributed by atoms with Crippen LogP contribution in [-0.4, -0.2) is 250 Å². The molecule has 0 saturated carbocycles. The van der Waals surface area contributed by atoms with Gasteiger partial charge in [0.15, 0.2) is 12.3 Å². The van der Waals surface area contributed by atoms with Gasteiger partial charge in [-0.1, -0.05) is 58.7 Å². The van der Waals surface area contributed by atoms with Gasteiger partial charge in [-0.3, -0.25) is 9.59 Å². The second-order valence-corrected chi connectivity index (χ2v) is 30.6. The lowest BCUT2D eigenvalue weighted by molar-refractivity contribution is -0.442. The van der Waals surface area contributed by atoms with Gasteiger partial charge in [0.05, 0.1) is 147 Å². The molecule has 3 heterocycles. The third-order valence-electron chi connectivity index (χ3n) is 16.7. The number of nitrogens with zero attached hydrogens (tertiary/aromatic N) is 3. The number of allylic oxidation sites excluding steroid dienone is 8. The molecule has 7 rings (SSSR count). The quantitative estimate of drug-likeness (QED) is 0.0177. The molecule has 4 aromatic rings. The van der Waals surface area contributed by atoms with E-state index < -0.39 is 105 Å². The molecular weight excluding hydrogens is 1480 g/mol. The fourth-order valence-corrected chi connectivity index (χ4v) is 15.0. The zero-order valence-corrected chi connectivity index (χ0v) is 60.6. The second kappa shape index (κ2) is 41.2. The molecule has 2 amide bonds. The topological polar surface area (TPSA) is 448 Å². The van der Waals surface area contributed by atoms with Gasteiger partial charge in [0.25, 0.3) is 11.8 Å². The van der Waals surface area contributed by atoms with Crippen LogP contribution in [0.5, 0.6) is 0 Å². The summed E-state index contributed by atoms with van der Waals surface area (Å²) in [7, 11) is -23.1. The highest BCUT2D eigenvalue weighted by Gasteiger charge is 2.49. The number of carbonyl (C=O) groups is 3. The van der Waals surface area contributed by atoms with Crippen LogP contribution in [0.1, 0.15) is 85.8 Å². The van der Waals surface area contributed by atoms with Crippen molar-refractivity contribution >= 4 is 107 Å². The Morgan fingerprint density at radius 2 is 0.971 bits per heavy atom. The summed E-state index contributed by atoms with van der Waals surface area (Å²) in [4.78, 5) is 38.2. The number of ether oxygens (including phenoxy) is 10. The van der Waals surface area contributed by atoms with Gasteiger partial charge in [0, 0.05) is 85.9 Å². The Balaban J connectivity index is 0.00000778. The van der Waals surface area contributed by atoms with E-state index in [9.17, 15) is 79.2 Å². The Hall–Kier alpha value is -6.41. The first-order valence-electron chi connectivity index (χ1n) is 32.1. The van der Waals surface area contributed by atoms with Crippen molar-refractivity contribution in [2.45, 2.75) is 105 Å². The van der Waals surface area contributed by atoms with Crippen LogP contribution in [0.25, 0.3) is 21.5 Å². The van der Waals surface area contributed by atoms with Gasteiger partial charge in [0.1, 0.15) is 47.1 Å². The van der Waals surface area contributed by atoms with Crippen LogP contribution in [0.2, 0.25) is 0 Å². The van der Waals surface area contributed by atoms with E-state index in [1.165, 1.54) is 13.2 Å². The molecule has 0 aliphatic carbocycles. The van der Waals surface area contributed by atoms with Crippen molar-refractivity contribution in [2.75, 3.05) is 157 Å². The number of hydrogen-bond donors (Lipinski definition) is 0. The van der Waals surface area contributed by atoms with E-state index in [-0.39, 0.29) is 206 Å². The van der Waals surface area contributed by atoms with Crippen LogP contribution in [0.4, 0.5) is 11.4 Å². The lowest BCUT2D eigenvalue weighted by atomic mass is 9.75. The van der Waals surface area contributed by atoms with Crippen molar-refractivity contribution in [3.63, 3.8) is 0 Å². The Bertz CT molecular complexity index is 4390. The van der Waals surface area contributed by atoms with E-state index in [4.69, 9.17) is 52.2 Å². The summed E-state index contributed by atoms with van der Waals surface area (Å²) in [6, 6.07) is 8.46. The summed E-state index contributed by atoms with van der Waals surface area (Å²) in [6.07, 6.45) is 11.0. The van der Waals surface area contributed by atoms with Crippen LogP contribution in [0.15, 0.2) is 116 Å². The summed E-state index contributed by atoms with van der Waals surface area (Å²) >= 11 is 0. The monoisotopic (exact) mass is 1580 g/mol.